The van der Waals surface area contributed by atoms with Gasteiger partial charge in [0, 0.05) is 0 Å². The average molecular weight is 280 g/mol. The molecule has 0 aliphatic heterocycles. The van der Waals surface area contributed by atoms with Crippen LogP contribution in [0, 0.1) is 0 Å². The summed E-state index contributed by atoms with van der Waals surface area (Å²) < 4.78 is 0. The van der Waals surface area contributed by atoms with E-state index >= 15 is 0 Å². The second-order valence-corrected chi connectivity index (χ2v) is 6.77. The Hall–Kier alpha value is 0.0649. The van der Waals surface area contributed by atoms with Crippen molar-refractivity contribution < 1.29 is 0 Å². The van der Waals surface area contributed by atoms with Gasteiger partial charge in [-0.25, -0.2) is 0 Å². The van der Waals surface area contributed by atoms with Crippen LogP contribution in [0.5, 0.6) is 0 Å². The SMILES string of the molecule is CCCCCCCCB(CCCCC)CCCCCC. The summed E-state index contributed by atoms with van der Waals surface area (Å²) in [6, 6.07) is 0. The molecule has 0 radical (unpaired) electrons. The summed E-state index contributed by atoms with van der Waals surface area (Å²) in [6.45, 7) is 7.99. The fourth-order valence-corrected chi connectivity index (χ4v) is 3.19. The van der Waals surface area contributed by atoms with E-state index in [0.717, 1.165) is 6.71 Å². The molecule has 0 aromatic rings. The minimum atomic E-state index is 1.05. The summed E-state index contributed by atoms with van der Waals surface area (Å²) in [7, 11) is 0. The third-order valence-corrected chi connectivity index (χ3v) is 4.65. The molecule has 0 rings (SSSR count). The quantitative estimate of drug-likeness (QED) is 0.201. The molecule has 120 valence electrons. The Balaban J connectivity index is 3.62. The van der Waals surface area contributed by atoms with Crippen LogP contribution in [0.25, 0.3) is 0 Å². The van der Waals surface area contributed by atoms with Crippen LogP contribution in [-0.4, -0.2) is 6.71 Å². The first kappa shape index (κ1) is 20.1. The Labute approximate surface area is 130 Å². The molecule has 0 nitrogen and oxygen atoms in total. The molecule has 0 bridgehead atoms. The molecule has 0 N–H and O–H groups in total. The third kappa shape index (κ3) is 14.5. The molecule has 0 aliphatic carbocycles. The minimum Gasteiger partial charge on any atom is -0.0741 e. The first-order valence-corrected chi connectivity index (χ1v) is 9.85. The summed E-state index contributed by atoms with van der Waals surface area (Å²) in [4.78, 5) is 0. The Bertz CT molecular complexity index is 167. The van der Waals surface area contributed by atoms with E-state index in [1.54, 1.807) is 0 Å². The Morgan fingerprint density at radius 2 is 0.700 bits per heavy atom. The number of hydrogen-bond donors (Lipinski definition) is 0. The van der Waals surface area contributed by atoms with E-state index in [0.29, 0.717) is 0 Å². The fraction of sp³-hybridized carbons (Fsp3) is 1.00. The van der Waals surface area contributed by atoms with Crippen LogP contribution in [0.15, 0.2) is 0 Å². The maximum atomic E-state index is 2.32. The second kappa shape index (κ2) is 17.1. The van der Waals surface area contributed by atoms with Crippen molar-refractivity contribution in [3.8, 4) is 0 Å². The van der Waals surface area contributed by atoms with Crippen molar-refractivity contribution in [3.05, 3.63) is 0 Å². The summed E-state index contributed by atoms with van der Waals surface area (Å²) in [5.41, 5.74) is 0. The largest absolute Gasteiger partial charge is 0.139 e. The van der Waals surface area contributed by atoms with E-state index in [-0.39, 0.29) is 0 Å². The summed E-state index contributed by atoms with van der Waals surface area (Å²) >= 11 is 0. The molecule has 0 heterocycles. The number of rotatable bonds is 16. The second-order valence-electron chi connectivity index (χ2n) is 6.77. The summed E-state index contributed by atoms with van der Waals surface area (Å²) in [5, 5.41) is 0. The predicted octanol–water partition coefficient (Wildman–Crippen LogP) is 7.61. The van der Waals surface area contributed by atoms with Gasteiger partial charge in [-0.3, -0.25) is 0 Å². The van der Waals surface area contributed by atoms with Crippen molar-refractivity contribution >= 4 is 6.71 Å². The van der Waals surface area contributed by atoms with Crippen molar-refractivity contribution in [1.82, 2.24) is 0 Å². The number of hydrogen-bond acceptors (Lipinski definition) is 0. The normalized spacial score (nSPS) is 10.9. The molecular weight excluding hydrogens is 239 g/mol. The van der Waals surface area contributed by atoms with Crippen LogP contribution in [0.1, 0.15) is 104 Å². The molecule has 0 fully saturated rings. The Morgan fingerprint density at radius 3 is 1.20 bits per heavy atom. The highest BCUT2D eigenvalue weighted by Crippen LogP contribution is 2.19. The van der Waals surface area contributed by atoms with Gasteiger partial charge in [-0.05, 0) is 0 Å². The smallest absolute Gasteiger partial charge is 0.0741 e. The van der Waals surface area contributed by atoms with E-state index < -0.39 is 0 Å². The van der Waals surface area contributed by atoms with Crippen molar-refractivity contribution in [3.63, 3.8) is 0 Å². The lowest BCUT2D eigenvalue weighted by Crippen LogP contribution is -2.11. The van der Waals surface area contributed by atoms with Crippen molar-refractivity contribution in [2.75, 3.05) is 0 Å². The van der Waals surface area contributed by atoms with Crippen LogP contribution >= 0.6 is 0 Å². The third-order valence-electron chi connectivity index (χ3n) is 4.65. The minimum absolute atomic E-state index is 1.05. The first-order chi connectivity index (χ1) is 9.85. The van der Waals surface area contributed by atoms with Gasteiger partial charge < -0.3 is 0 Å². The fourth-order valence-electron chi connectivity index (χ4n) is 3.19. The summed E-state index contributed by atoms with van der Waals surface area (Å²) in [5.74, 6) is 0. The van der Waals surface area contributed by atoms with Gasteiger partial charge in [-0.1, -0.05) is 123 Å². The van der Waals surface area contributed by atoms with Gasteiger partial charge in [0.2, 0.25) is 0 Å². The van der Waals surface area contributed by atoms with Crippen molar-refractivity contribution in [1.29, 1.82) is 0 Å². The molecule has 0 amide bonds. The zero-order valence-electron chi connectivity index (χ0n) is 14.9. The average Bonchev–Trinajstić information content (AvgIpc) is 2.46. The molecular formula is C19H41B. The molecule has 0 spiro atoms. The van der Waals surface area contributed by atoms with E-state index in [4.69, 9.17) is 0 Å². The highest BCUT2D eigenvalue weighted by atomic mass is 14.0. The van der Waals surface area contributed by atoms with Gasteiger partial charge in [0.1, 0.15) is 6.71 Å². The molecule has 0 unspecified atom stereocenters. The number of unbranched alkanes of at least 4 members (excludes halogenated alkanes) is 10. The summed E-state index contributed by atoms with van der Waals surface area (Å²) in [6.07, 6.45) is 23.3. The topological polar surface area (TPSA) is 0 Å². The zero-order chi connectivity index (χ0) is 14.9. The molecule has 1 heteroatoms. The van der Waals surface area contributed by atoms with Crippen LogP contribution in [0.2, 0.25) is 19.0 Å². The van der Waals surface area contributed by atoms with Crippen molar-refractivity contribution in [2.45, 2.75) is 123 Å². The Morgan fingerprint density at radius 1 is 0.400 bits per heavy atom. The lowest BCUT2D eigenvalue weighted by Gasteiger charge is -2.13. The monoisotopic (exact) mass is 280 g/mol. The van der Waals surface area contributed by atoms with E-state index in [1.165, 1.54) is 102 Å². The van der Waals surface area contributed by atoms with Crippen LogP contribution in [-0.2, 0) is 0 Å². The van der Waals surface area contributed by atoms with Crippen LogP contribution < -0.4 is 0 Å². The first-order valence-electron chi connectivity index (χ1n) is 9.85. The van der Waals surface area contributed by atoms with Crippen LogP contribution in [0.4, 0.5) is 0 Å². The lowest BCUT2D eigenvalue weighted by molar-refractivity contribution is 0.621. The van der Waals surface area contributed by atoms with Crippen molar-refractivity contribution in [2.24, 2.45) is 0 Å². The maximum Gasteiger partial charge on any atom is 0.139 e. The van der Waals surface area contributed by atoms with Gasteiger partial charge in [-0.15, -0.1) is 0 Å². The highest BCUT2D eigenvalue weighted by Gasteiger charge is 2.12. The van der Waals surface area contributed by atoms with Gasteiger partial charge in [0.25, 0.3) is 0 Å². The van der Waals surface area contributed by atoms with Gasteiger partial charge in [0.15, 0.2) is 0 Å². The predicted molar refractivity (Wildman–Crippen MR) is 97.2 cm³/mol. The standard InChI is InChI=1S/C19H41B/c1-4-7-10-12-13-16-19-20(17-14-9-6-3)18-15-11-8-5-2/h4-19H2,1-3H3. The molecule has 0 aliphatic rings. The van der Waals surface area contributed by atoms with Gasteiger partial charge >= 0.3 is 0 Å². The Kier molecular flexibility index (Phi) is 17.2. The van der Waals surface area contributed by atoms with Gasteiger partial charge in [0.05, 0.1) is 0 Å². The molecule has 0 atom stereocenters. The zero-order valence-corrected chi connectivity index (χ0v) is 14.9. The van der Waals surface area contributed by atoms with E-state index in [1.807, 2.05) is 0 Å². The highest BCUT2D eigenvalue weighted by molar-refractivity contribution is 6.58. The molecule has 0 saturated carbocycles. The lowest BCUT2D eigenvalue weighted by atomic mass is 9.41. The molecule has 0 saturated heterocycles. The van der Waals surface area contributed by atoms with Crippen LogP contribution in [0.3, 0.4) is 0 Å². The molecule has 0 aromatic heterocycles. The van der Waals surface area contributed by atoms with Gasteiger partial charge in [-0.2, -0.15) is 0 Å². The van der Waals surface area contributed by atoms with E-state index in [2.05, 4.69) is 20.8 Å². The maximum absolute atomic E-state index is 2.32. The van der Waals surface area contributed by atoms with E-state index in [9.17, 15) is 0 Å². The molecule has 0 aromatic carbocycles. The molecule has 20 heavy (non-hydrogen) atoms.